The molecule has 1 atom stereocenters. The summed E-state index contributed by atoms with van der Waals surface area (Å²) in [4.78, 5) is 25.3. The van der Waals surface area contributed by atoms with Crippen LogP contribution in [0.5, 0.6) is 5.75 Å². The second-order valence-corrected chi connectivity index (χ2v) is 7.65. The van der Waals surface area contributed by atoms with Gasteiger partial charge in [0.2, 0.25) is 0 Å². The number of aryl methyl sites for hydroxylation is 2. The molecule has 0 saturated carbocycles. The van der Waals surface area contributed by atoms with Crippen LogP contribution in [0.4, 0.5) is 10.6 Å². The number of ether oxygens (including phenoxy) is 1. The fraction of sp³-hybridized carbons (Fsp3) is 0.550. The average molecular weight is 384 g/mol. The number of rotatable bonds is 5. The maximum absolute atomic E-state index is 12.5. The van der Waals surface area contributed by atoms with Gasteiger partial charge >= 0.3 is 6.03 Å². The Morgan fingerprint density at radius 2 is 2.25 bits per heavy atom. The standard InChI is InChI=1S/C20H28N6O2/c1-24(2)19-17(6-5-9-21-19)28-16-8-11-26(14-16)20(27)22-12-15-13-25-10-4-3-7-18(25)23-15/h5-6,9,13,16H,3-4,7-8,10-12,14H2,1-2H3,(H,22,27). The van der Waals surface area contributed by atoms with E-state index < -0.39 is 0 Å². The van der Waals surface area contributed by atoms with Crippen molar-refractivity contribution in [3.63, 3.8) is 0 Å². The summed E-state index contributed by atoms with van der Waals surface area (Å²) in [6, 6.07) is 3.73. The van der Waals surface area contributed by atoms with Gasteiger partial charge in [-0.05, 0) is 25.0 Å². The van der Waals surface area contributed by atoms with Crippen LogP contribution in [-0.4, -0.2) is 58.8 Å². The topological polar surface area (TPSA) is 75.5 Å². The van der Waals surface area contributed by atoms with Crippen molar-refractivity contribution in [3.05, 3.63) is 36.0 Å². The molecule has 2 aliphatic heterocycles. The smallest absolute Gasteiger partial charge is 0.317 e. The van der Waals surface area contributed by atoms with Crippen LogP contribution in [0.1, 0.15) is 30.8 Å². The van der Waals surface area contributed by atoms with Crippen molar-refractivity contribution in [1.82, 2.24) is 24.8 Å². The van der Waals surface area contributed by atoms with Crippen LogP contribution in [-0.2, 0) is 19.5 Å². The number of amides is 2. The number of anilines is 1. The number of pyridine rings is 1. The molecule has 1 saturated heterocycles. The summed E-state index contributed by atoms with van der Waals surface area (Å²) in [5, 5.41) is 3.00. The zero-order chi connectivity index (χ0) is 19.5. The third-order valence-electron chi connectivity index (χ3n) is 5.28. The minimum atomic E-state index is -0.0592. The first-order chi connectivity index (χ1) is 13.6. The number of fused-ring (bicyclic) bond motifs is 1. The lowest BCUT2D eigenvalue weighted by Gasteiger charge is -2.20. The molecule has 1 N–H and O–H groups in total. The second-order valence-electron chi connectivity index (χ2n) is 7.65. The molecule has 8 nitrogen and oxygen atoms in total. The second kappa shape index (κ2) is 8.08. The van der Waals surface area contributed by atoms with Gasteiger partial charge in [0, 0.05) is 52.4 Å². The minimum absolute atomic E-state index is 0.0198. The van der Waals surface area contributed by atoms with Crippen LogP contribution in [0.15, 0.2) is 24.5 Å². The molecule has 1 unspecified atom stereocenters. The molecular formula is C20H28N6O2. The summed E-state index contributed by atoms with van der Waals surface area (Å²) in [5.41, 5.74) is 0.934. The first-order valence-corrected chi connectivity index (χ1v) is 9.97. The van der Waals surface area contributed by atoms with Gasteiger partial charge in [-0.25, -0.2) is 14.8 Å². The maximum Gasteiger partial charge on any atom is 0.317 e. The molecule has 2 amide bonds. The highest BCUT2D eigenvalue weighted by Crippen LogP contribution is 2.26. The molecule has 0 bridgehead atoms. The lowest BCUT2D eigenvalue weighted by Crippen LogP contribution is -2.39. The van der Waals surface area contributed by atoms with Crippen molar-refractivity contribution >= 4 is 11.8 Å². The van der Waals surface area contributed by atoms with Crippen molar-refractivity contribution in [1.29, 1.82) is 0 Å². The molecule has 0 aromatic carbocycles. The summed E-state index contributed by atoms with van der Waals surface area (Å²) >= 11 is 0. The number of carbonyl (C=O) groups is 1. The van der Waals surface area contributed by atoms with Gasteiger partial charge in [0.25, 0.3) is 0 Å². The molecule has 0 radical (unpaired) electrons. The predicted molar refractivity (Wildman–Crippen MR) is 107 cm³/mol. The average Bonchev–Trinajstić information content (AvgIpc) is 3.33. The summed E-state index contributed by atoms with van der Waals surface area (Å²) in [6.07, 6.45) is 8.05. The van der Waals surface area contributed by atoms with Crippen LogP contribution in [0.2, 0.25) is 0 Å². The first kappa shape index (κ1) is 18.6. The first-order valence-electron chi connectivity index (χ1n) is 9.97. The van der Waals surface area contributed by atoms with Crippen LogP contribution in [0.3, 0.4) is 0 Å². The largest absolute Gasteiger partial charge is 0.485 e. The summed E-state index contributed by atoms with van der Waals surface area (Å²) in [5.74, 6) is 2.69. The van der Waals surface area contributed by atoms with Crippen molar-refractivity contribution < 1.29 is 9.53 Å². The number of carbonyl (C=O) groups excluding carboxylic acids is 1. The molecule has 2 aliphatic rings. The van der Waals surface area contributed by atoms with E-state index in [9.17, 15) is 4.79 Å². The third kappa shape index (κ3) is 4.05. The maximum atomic E-state index is 12.5. The normalized spacial score (nSPS) is 18.6. The number of imidazole rings is 1. The van der Waals surface area contributed by atoms with Gasteiger partial charge in [0.05, 0.1) is 18.8 Å². The molecule has 1 fully saturated rings. The lowest BCUT2D eigenvalue weighted by atomic mass is 10.2. The zero-order valence-electron chi connectivity index (χ0n) is 16.6. The van der Waals surface area contributed by atoms with E-state index in [0.29, 0.717) is 19.6 Å². The van der Waals surface area contributed by atoms with Gasteiger partial charge in [0.15, 0.2) is 11.6 Å². The van der Waals surface area contributed by atoms with E-state index >= 15 is 0 Å². The number of urea groups is 1. The van der Waals surface area contributed by atoms with Gasteiger partial charge in [-0.2, -0.15) is 0 Å². The van der Waals surface area contributed by atoms with Crippen molar-refractivity contribution in [2.24, 2.45) is 0 Å². The Kier molecular flexibility index (Phi) is 5.36. The van der Waals surface area contributed by atoms with Crippen LogP contribution < -0.4 is 15.0 Å². The Labute approximate surface area is 165 Å². The minimum Gasteiger partial charge on any atom is -0.485 e. The Balaban J connectivity index is 1.29. The molecule has 28 heavy (non-hydrogen) atoms. The van der Waals surface area contributed by atoms with Gasteiger partial charge in [-0.3, -0.25) is 0 Å². The fourth-order valence-electron chi connectivity index (χ4n) is 3.83. The zero-order valence-corrected chi connectivity index (χ0v) is 16.6. The molecule has 4 heterocycles. The van der Waals surface area contributed by atoms with E-state index in [1.807, 2.05) is 36.0 Å². The summed E-state index contributed by atoms with van der Waals surface area (Å²) in [7, 11) is 3.88. The van der Waals surface area contributed by atoms with Gasteiger partial charge < -0.3 is 24.4 Å². The predicted octanol–water partition coefficient (Wildman–Crippen LogP) is 2.04. The van der Waals surface area contributed by atoms with Gasteiger partial charge in [-0.15, -0.1) is 0 Å². The molecule has 2 aromatic heterocycles. The quantitative estimate of drug-likeness (QED) is 0.854. The van der Waals surface area contributed by atoms with E-state index in [2.05, 4.69) is 26.0 Å². The van der Waals surface area contributed by atoms with Crippen molar-refractivity contribution in [3.8, 4) is 5.75 Å². The number of hydrogen-bond donors (Lipinski definition) is 1. The molecule has 150 valence electrons. The van der Waals surface area contributed by atoms with Gasteiger partial charge in [-0.1, -0.05) is 0 Å². The third-order valence-corrected chi connectivity index (χ3v) is 5.28. The summed E-state index contributed by atoms with van der Waals surface area (Å²) in [6.45, 7) is 2.76. The Hall–Kier alpha value is -2.77. The van der Waals surface area contributed by atoms with Crippen LogP contribution in [0, 0.1) is 0 Å². The summed E-state index contributed by atoms with van der Waals surface area (Å²) < 4.78 is 8.33. The lowest BCUT2D eigenvalue weighted by molar-refractivity contribution is 0.186. The number of aromatic nitrogens is 3. The number of likely N-dealkylation sites (tertiary alicyclic amines) is 1. The monoisotopic (exact) mass is 384 g/mol. The molecule has 0 aliphatic carbocycles. The molecule has 0 spiro atoms. The fourth-order valence-corrected chi connectivity index (χ4v) is 3.83. The number of hydrogen-bond acceptors (Lipinski definition) is 5. The van der Waals surface area contributed by atoms with E-state index in [1.54, 1.807) is 6.20 Å². The Bertz CT molecular complexity index is 810. The van der Waals surface area contributed by atoms with Crippen molar-refractivity contribution in [2.45, 2.75) is 44.9 Å². The molecule has 4 rings (SSSR count). The van der Waals surface area contributed by atoms with E-state index in [-0.39, 0.29) is 12.1 Å². The van der Waals surface area contributed by atoms with Crippen molar-refractivity contribution in [2.75, 3.05) is 32.1 Å². The molecule has 8 heteroatoms. The van der Waals surface area contributed by atoms with Gasteiger partial charge in [0.1, 0.15) is 11.9 Å². The number of nitrogens with zero attached hydrogens (tertiary/aromatic N) is 5. The molecular weight excluding hydrogens is 356 g/mol. The highest BCUT2D eigenvalue weighted by atomic mass is 16.5. The van der Waals surface area contributed by atoms with E-state index in [0.717, 1.165) is 42.5 Å². The SMILES string of the molecule is CN(C)c1ncccc1OC1CCN(C(=O)NCc2cn3c(n2)CCCC3)C1. The number of nitrogens with one attached hydrogen (secondary N) is 1. The molecule has 2 aromatic rings. The highest BCUT2D eigenvalue weighted by molar-refractivity contribution is 5.74. The van der Waals surface area contributed by atoms with E-state index in [4.69, 9.17) is 4.74 Å². The highest BCUT2D eigenvalue weighted by Gasteiger charge is 2.28. The van der Waals surface area contributed by atoms with Crippen LogP contribution >= 0.6 is 0 Å². The Morgan fingerprint density at radius 3 is 3.07 bits per heavy atom. The Morgan fingerprint density at radius 1 is 1.36 bits per heavy atom. The van der Waals surface area contributed by atoms with E-state index in [1.165, 1.54) is 12.8 Å². The van der Waals surface area contributed by atoms with Crippen LogP contribution in [0.25, 0.3) is 0 Å².